The lowest BCUT2D eigenvalue weighted by molar-refractivity contribution is 0.0698. The van der Waals surface area contributed by atoms with Gasteiger partial charge in [-0.15, -0.1) is 11.3 Å². The molecule has 0 atom stereocenters. The SMILES string of the molecule is Cc1ccc(Cn2ccc3cccc(C(=O)O)c32)s1. The van der Waals surface area contributed by atoms with Gasteiger partial charge < -0.3 is 9.67 Å². The highest BCUT2D eigenvalue weighted by atomic mass is 32.1. The van der Waals surface area contributed by atoms with E-state index < -0.39 is 5.97 Å². The van der Waals surface area contributed by atoms with Crippen molar-refractivity contribution in [2.24, 2.45) is 0 Å². The van der Waals surface area contributed by atoms with Gasteiger partial charge in [-0.1, -0.05) is 12.1 Å². The predicted octanol–water partition coefficient (Wildman–Crippen LogP) is 3.76. The normalized spacial score (nSPS) is 11.0. The van der Waals surface area contributed by atoms with Crippen molar-refractivity contribution in [2.75, 3.05) is 0 Å². The number of thiophene rings is 1. The van der Waals surface area contributed by atoms with Crippen molar-refractivity contribution in [3.05, 3.63) is 57.9 Å². The highest BCUT2D eigenvalue weighted by Gasteiger charge is 2.12. The molecule has 19 heavy (non-hydrogen) atoms. The maximum atomic E-state index is 11.3. The molecule has 0 radical (unpaired) electrons. The smallest absolute Gasteiger partial charge is 0.337 e. The monoisotopic (exact) mass is 271 g/mol. The Labute approximate surface area is 114 Å². The number of aryl methyl sites for hydroxylation is 1. The van der Waals surface area contributed by atoms with E-state index in [2.05, 4.69) is 19.1 Å². The molecule has 96 valence electrons. The van der Waals surface area contributed by atoms with Crippen molar-refractivity contribution in [1.29, 1.82) is 0 Å². The van der Waals surface area contributed by atoms with Crippen molar-refractivity contribution >= 4 is 28.2 Å². The number of fused-ring (bicyclic) bond motifs is 1. The van der Waals surface area contributed by atoms with E-state index >= 15 is 0 Å². The first-order valence-electron chi connectivity index (χ1n) is 6.01. The number of hydrogen-bond donors (Lipinski definition) is 1. The molecule has 3 nitrogen and oxygen atoms in total. The topological polar surface area (TPSA) is 42.2 Å². The van der Waals surface area contributed by atoms with Gasteiger partial charge in [0.2, 0.25) is 0 Å². The number of hydrogen-bond acceptors (Lipinski definition) is 2. The van der Waals surface area contributed by atoms with Gasteiger partial charge in [0.05, 0.1) is 17.6 Å². The zero-order valence-corrected chi connectivity index (χ0v) is 11.3. The highest BCUT2D eigenvalue weighted by Crippen LogP contribution is 2.23. The minimum atomic E-state index is -0.882. The van der Waals surface area contributed by atoms with Crippen LogP contribution < -0.4 is 0 Å². The van der Waals surface area contributed by atoms with Crippen LogP contribution in [0.25, 0.3) is 10.9 Å². The van der Waals surface area contributed by atoms with E-state index in [1.807, 2.05) is 22.9 Å². The van der Waals surface area contributed by atoms with Crippen molar-refractivity contribution < 1.29 is 9.90 Å². The number of aromatic carboxylic acids is 1. The molecule has 0 spiro atoms. The fraction of sp³-hybridized carbons (Fsp3) is 0.133. The molecule has 1 aromatic carbocycles. The Bertz CT molecular complexity index is 754. The summed E-state index contributed by atoms with van der Waals surface area (Å²) in [5.41, 5.74) is 1.15. The lowest BCUT2D eigenvalue weighted by Gasteiger charge is -2.06. The van der Waals surface area contributed by atoms with E-state index in [4.69, 9.17) is 0 Å². The molecule has 0 aliphatic carbocycles. The second-order valence-corrected chi connectivity index (χ2v) is 5.88. The van der Waals surface area contributed by atoms with E-state index in [0.717, 1.165) is 10.9 Å². The lowest BCUT2D eigenvalue weighted by atomic mass is 10.1. The van der Waals surface area contributed by atoms with Gasteiger partial charge >= 0.3 is 5.97 Å². The third-order valence-corrected chi connectivity index (χ3v) is 4.13. The molecule has 3 rings (SSSR count). The summed E-state index contributed by atoms with van der Waals surface area (Å²) in [5.74, 6) is -0.882. The quantitative estimate of drug-likeness (QED) is 0.788. The summed E-state index contributed by atoms with van der Waals surface area (Å²) in [4.78, 5) is 13.8. The Morgan fingerprint density at radius 3 is 2.79 bits per heavy atom. The van der Waals surface area contributed by atoms with E-state index in [9.17, 15) is 9.90 Å². The Hall–Kier alpha value is -2.07. The van der Waals surface area contributed by atoms with Crippen molar-refractivity contribution in [1.82, 2.24) is 4.57 Å². The van der Waals surface area contributed by atoms with Gasteiger partial charge in [0.1, 0.15) is 0 Å². The Balaban J connectivity index is 2.11. The molecule has 0 unspecified atom stereocenters. The molecule has 0 amide bonds. The number of aromatic nitrogens is 1. The van der Waals surface area contributed by atoms with Gasteiger partial charge in [-0.2, -0.15) is 0 Å². The van der Waals surface area contributed by atoms with Gasteiger partial charge in [-0.05, 0) is 31.2 Å². The second-order valence-electron chi connectivity index (χ2n) is 4.50. The van der Waals surface area contributed by atoms with Crippen LogP contribution in [0.3, 0.4) is 0 Å². The number of nitrogens with zero attached hydrogens (tertiary/aromatic N) is 1. The Morgan fingerprint density at radius 2 is 2.11 bits per heavy atom. The van der Waals surface area contributed by atoms with Gasteiger partial charge in [0.25, 0.3) is 0 Å². The third kappa shape index (κ3) is 2.15. The first-order chi connectivity index (χ1) is 9.15. The summed E-state index contributed by atoms with van der Waals surface area (Å²) in [6.45, 7) is 2.79. The average molecular weight is 271 g/mol. The molecule has 4 heteroatoms. The van der Waals surface area contributed by atoms with E-state index in [1.54, 1.807) is 23.5 Å². The van der Waals surface area contributed by atoms with Crippen LogP contribution in [0.5, 0.6) is 0 Å². The molecule has 0 fully saturated rings. The van der Waals surface area contributed by atoms with Crippen LogP contribution in [0.1, 0.15) is 20.1 Å². The largest absolute Gasteiger partial charge is 0.478 e. The number of para-hydroxylation sites is 1. The number of benzene rings is 1. The molecule has 2 heterocycles. The zero-order valence-electron chi connectivity index (χ0n) is 10.5. The molecule has 0 bridgehead atoms. The lowest BCUT2D eigenvalue weighted by Crippen LogP contribution is -2.03. The van der Waals surface area contributed by atoms with Crippen LogP contribution in [0, 0.1) is 6.92 Å². The summed E-state index contributed by atoms with van der Waals surface area (Å²) in [6.07, 6.45) is 1.95. The Morgan fingerprint density at radius 1 is 1.26 bits per heavy atom. The maximum absolute atomic E-state index is 11.3. The average Bonchev–Trinajstić information content (AvgIpc) is 2.97. The first-order valence-corrected chi connectivity index (χ1v) is 6.83. The van der Waals surface area contributed by atoms with Crippen LogP contribution in [0.2, 0.25) is 0 Å². The van der Waals surface area contributed by atoms with E-state index in [0.29, 0.717) is 12.1 Å². The maximum Gasteiger partial charge on any atom is 0.337 e. The Kier molecular flexibility index (Phi) is 2.87. The molecular weight excluding hydrogens is 258 g/mol. The van der Waals surface area contributed by atoms with Crippen molar-refractivity contribution in [2.45, 2.75) is 13.5 Å². The standard InChI is InChI=1S/C15H13NO2S/c1-10-5-6-12(19-10)9-16-8-7-11-3-2-4-13(14(11)16)15(17)18/h2-8H,9H2,1H3,(H,17,18). The van der Waals surface area contributed by atoms with Crippen LogP contribution >= 0.6 is 11.3 Å². The van der Waals surface area contributed by atoms with Crippen LogP contribution in [-0.2, 0) is 6.54 Å². The molecule has 0 saturated heterocycles. The van der Waals surface area contributed by atoms with Crippen LogP contribution in [0.4, 0.5) is 0 Å². The minimum Gasteiger partial charge on any atom is -0.478 e. The third-order valence-electron chi connectivity index (χ3n) is 3.14. The summed E-state index contributed by atoms with van der Waals surface area (Å²) in [7, 11) is 0. The van der Waals surface area contributed by atoms with Gasteiger partial charge in [-0.25, -0.2) is 4.79 Å². The molecule has 0 aliphatic heterocycles. The molecule has 0 aliphatic rings. The van der Waals surface area contributed by atoms with Crippen LogP contribution in [-0.4, -0.2) is 15.6 Å². The van der Waals surface area contributed by atoms with Gasteiger partial charge in [-0.3, -0.25) is 0 Å². The first kappa shape index (κ1) is 12.0. The van der Waals surface area contributed by atoms with Gasteiger partial charge in [0, 0.05) is 21.3 Å². The fourth-order valence-corrected chi connectivity index (χ4v) is 3.19. The fourth-order valence-electron chi connectivity index (χ4n) is 2.30. The van der Waals surface area contributed by atoms with E-state index in [-0.39, 0.29) is 0 Å². The minimum absolute atomic E-state index is 0.357. The molecule has 0 saturated carbocycles. The second kappa shape index (κ2) is 4.55. The van der Waals surface area contributed by atoms with Crippen LogP contribution in [0.15, 0.2) is 42.6 Å². The zero-order chi connectivity index (χ0) is 13.4. The molecule has 1 N–H and O–H groups in total. The highest BCUT2D eigenvalue weighted by molar-refractivity contribution is 7.11. The number of carboxylic acid groups (broad SMARTS) is 1. The molecule has 2 aromatic heterocycles. The molecular formula is C15H13NO2S. The number of carboxylic acids is 1. The molecule has 3 aromatic rings. The van der Waals surface area contributed by atoms with Gasteiger partial charge in [0.15, 0.2) is 0 Å². The van der Waals surface area contributed by atoms with Crippen molar-refractivity contribution in [3.63, 3.8) is 0 Å². The summed E-state index contributed by atoms with van der Waals surface area (Å²) in [5, 5.41) is 10.3. The van der Waals surface area contributed by atoms with Crippen molar-refractivity contribution in [3.8, 4) is 0 Å². The number of rotatable bonds is 3. The summed E-state index contributed by atoms with van der Waals surface area (Å²) in [6, 6.07) is 11.5. The van der Waals surface area contributed by atoms with E-state index in [1.165, 1.54) is 9.75 Å². The summed E-state index contributed by atoms with van der Waals surface area (Å²) < 4.78 is 2.00. The predicted molar refractivity (Wildman–Crippen MR) is 77.1 cm³/mol. The summed E-state index contributed by atoms with van der Waals surface area (Å²) >= 11 is 1.74. The number of carbonyl (C=O) groups is 1.